The number of rotatable bonds is 3. The van der Waals surface area contributed by atoms with Gasteiger partial charge in [-0.05, 0) is 49.4 Å². The van der Waals surface area contributed by atoms with Crippen molar-refractivity contribution in [2.45, 2.75) is 25.7 Å². The molecule has 0 fully saturated rings. The molecule has 0 atom stereocenters. The number of carbonyl (C=O) groups is 1. The summed E-state index contributed by atoms with van der Waals surface area (Å²) >= 11 is 1.38. The number of aromatic nitrogens is 4. The molecular weight excluding hydrogens is 322 g/mol. The zero-order valence-corrected chi connectivity index (χ0v) is 13.7. The monoisotopic (exact) mass is 337 g/mol. The van der Waals surface area contributed by atoms with Gasteiger partial charge in [-0.25, -0.2) is 4.98 Å². The lowest BCUT2D eigenvalue weighted by Crippen LogP contribution is -2.17. The molecule has 3 aromatic rings. The lowest BCUT2D eigenvalue weighted by atomic mass is 9.96. The van der Waals surface area contributed by atoms with Gasteiger partial charge in [-0.1, -0.05) is 0 Å². The van der Waals surface area contributed by atoms with Crippen molar-refractivity contribution in [2.75, 3.05) is 5.32 Å². The van der Waals surface area contributed by atoms with Crippen molar-refractivity contribution in [3.63, 3.8) is 0 Å². The fourth-order valence-electron chi connectivity index (χ4n) is 2.74. The van der Waals surface area contributed by atoms with Crippen LogP contribution in [0.1, 0.15) is 34.6 Å². The molecule has 0 aliphatic heterocycles. The second-order valence-corrected chi connectivity index (χ2v) is 6.50. The maximum absolute atomic E-state index is 12.4. The fourth-order valence-corrected chi connectivity index (χ4v) is 3.46. The van der Waals surface area contributed by atoms with Gasteiger partial charge in [-0.2, -0.15) is 5.10 Å². The number of carbonyl (C=O) groups excluding carboxylic acids is 1. The maximum atomic E-state index is 12.4. The number of nitrogens with one attached hydrogen (secondary N) is 1. The summed E-state index contributed by atoms with van der Waals surface area (Å²) in [6, 6.07) is 5.64. The Hall–Kier alpha value is -2.67. The van der Waals surface area contributed by atoms with Crippen LogP contribution in [0.25, 0.3) is 11.3 Å². The first-order valence-corrected chi connectivity index (χ1v) is 8.70. The third-order valence-electron chi connectivity index (χ3n) is 3.98. The number of pyridine rings is 1. The second kappa shape index (κ2) is 6.45. The van der Waals surface area contributed by atoms with Crippen molar-refractivity contribution in [2.24, 2.45) is 0 Å². The van der Waals surface area contributed by atoms with Crippen LogP contribution < -0.4 is 5.32 Å². The van der Waals surface area contributed by atoms with Gasteiger partial charge >= 0.3 is 0 Å². The first kappa shape index (κ1) is 14.9. The second-order valence-electron chi connectivity index (χ2n) is 5.64. The van der Waals surface area contributed by atoms with E-state index in [1.54, 1.807) is 12.4 Å². The van der Waals surface area contributed by atoms with Crippen LogP contribution in [0.15, 0.2) is 36.0 Å². The van der Waals surface area contributed by atoms with Crippen molar-refractivity contribution >= 4 is 22.4 Å². The molecule has 6 nitrogen and oxygen atoms in total. The third-order valence-corrected chi connectivity index (χ3v) is 4.74. The van der Waals surface area contributed by atoms with Crippen LogP contribution in [0.4, 0.5) is 5.13 Å². The molecule has 1 aliphatic rings. The summed E-state index contributed by atoms with van der Waals surface area (Å²) in [5, 5.41) is 13.5. The minimum absolute atomic E-state index is 0.275. The van der Waals surface area contributed by atoms with E-state index in [0.717, 1.165) is 48.2 Å². The smallest absolute Gasteiger partial charge is 0.277 e. The molecular formula is C17H15N5OS. The van der Waals surface area contributed by atoms with Gasteiger partial charge in [0.2, 0.25) is 0 Å². The summed E-state index contributed by atoms with van der Waals surface area (Å²) in [6.45, 7) is 0. The first-order valence-electron chi connectivity index (χ1n) is 7.82. The molecule has 0 radical (unpaired) electrons. The number of hydrogen-bond acceptors (Lipinski definition) is 6. The molecule has 3 aromatic heterocycles. The number of fused-ring (bicyclic) bond motifs is 1. The minimum Gasteiger partial charge on any atom is -0.296 e. The van der Waals surface area contributed by atoms with E-state index in [0.29, 0.717) is 10.8 Å². The zero-order valence-electron chi connectivity index (χ0n) is 12.9. The van der Waals surface area contributed by atoms with Crippen molar-refractivity contribution < 1.29 is 4.79 Å². The molecule has 120 valence electrons. The highest BCUT2D eigenvalue weighted by Crippen LogP contribution is 2.25. The largest absolute Gasteiger partial charge is 0.296 e. The highest BCUT2D eigenvalue weighted by molar-refractivity contribution is 7.14. The molecule has 0 saturated carbocycles. The lowest BCUT2D eigenvalue weighted by molar-refractivity contribution is 0.102. The first-order chi connectivity index (χ1) is 11.8. The van der Waals surface area contributed by atoms with Crippen molar-refractivity contribution in [1.29, 1.82) is 0 Å². The van der Waals surface area contributed by atoms with Crippen LogP contribution >= 0.6 is 11.3 Å². The Morgan fingerprint density at radius 3 is 3.00 bits per heavy atom. The lowest BCUT2D eigenvalue weighted by Gasteiger charge is -2.13. The topological polar surface area (TPSA) is 80.7 Å². The Labute approximate surface area is 143 Å². The van der Waals surface area contributed by atoms with Gasteiger partial charge < -0.3 is 0 Å². The number of aryl methyl sites for hydroxylation is 2. The summed E-state index contributed by atoms with van der Waals surface area (Å²) in [7, 11) is 0. The molecule has 0 unspecified atom stereocenters. The van der Waals surface area contributed by atoms with Gasteiger partial charge in [0.25, 0.3) is 5.91 Å². The molecule has 0 saturated heterocycles. The van der Waals surface area contributed by atoms with E-state index in [1.807, 2.05) is 23.6 Å². The SMILES string of the molecule is O=C(Nc1nc(-c2cccnc2)cs1)c1cc2c(nn1)CCCC2. The normalized spacial score (nSPS) is 13.3. The van der Waals surface area contributed by atoms with Crippen LogP contribution in [-0.4, -0.2) is 26.1 Å². The van der Waals surface area contributed by atoms with E-state index in [1.165, 1.54) is 11.3 Å². The predicted molar refractivity (Wildman–Crippen MR) is 92.0 cm³/mol. The van der Waals surface area contributed by atoms with E-state index in [2.05, 4.69) is 25.5 Å². The van der Waals surface area contributed by atoms with Crippen LogP contribution in [0, 0.1) is 0 Å². The maximum Gasteiger partial charge on any atom is 0.277 e. The molecule has 4 rings (SSSR count). The number of hydrogen-bond donors (Lipinski definition) is 1. The highest BCUT2D eigenvalue weighted by Gasteiger charge is 2.16. The molecule has 3 heterocycles. The minimum atomic E-state index is -0.275. The van der Waals surface area contributed by atoms with Gasteiger partial charge in [-0.3, -0.25) is 15.1 Å². The quantitative estimate of drug-likeness (QED) is 0.794. The summed E-state index contributed by atoms with van der Waals surface area (Å²) < 4.78 is 0. The Morgan fingerprint density at radius 1 is 1.21 bits per heavy atom. The molecule has 7 heteroatoms. The summed E-state index contributed by atoms with van der Waals surface area (Å²) in [4.78, 5) is 20.9. The van der Waals surface area contributed by atoms with Gasteiger partial charge in [0.1, 0.15) is 0 Å². The average molecular weight is 337 g/mol. The van der Waals surface area contributed by atoms with Crippen molar-refractivity contribution in [3.05, 3.63) is 52.9 Å². The van der Waals surface area contributed by atoms with Crippen LogP contribution in [0.3, 0.4) is 0 Å². The molecule has 0 bridgehead atoms. The third kappa shape index (κ3) is 3.03. The molecule has 0 aromatic carbocycles. The number of nitrogens with zero attached hydrogens (tertiary/aromatic N) is 4. The Morgan fingerprint density at radius 2 is 2.12 bits per heavy atom. The molecule has 0 spiro atoms. The number of anilines is 1. The number of thiazole rings is 1. The van der Waals surface area contributed by atoms with E-state index in [4.69, 9.17) is 0 Å². The van der Waals surface area contributed by atoms with Gasteiger partial charge in [0.15, 0.2) is 10.8 Å². The van der Waals surface area contributed by atoms with E-state index < -0.39 is 0 Å². The van der Waals surface area contributed by atoms with Gasteiger partial charge in [0.05, 0.1) is 11.4 Å². The van der Waals surface area contributed by atoms with E-state index in [9.17, 15) is 4.79 Å². The van der Waals surface area contributed by atoms with Gasteiger partial charge in [0, 0.05) is 23.3 Å². The van der Waals surface area contributed by atoms with Crippen LogP contribution in [0.5, 0.6) is 0 Å². The Bertz CT molecular complexity index is 878. The van der Waals surface area contributed by atoms with Crippen LogP contribution in [-0.2, 0) is 12.8 Å². The zero-order chi connectivity index (χ0) is 16.4. The van der Waals surface area contributed by atoms with Crippen molar-refractivity contribution in [3.8, 4) is 11.3 Å². The van der Waals surface area contributed by atoms with Crippen molar-refractivity contribution in [1.82, 2.24) is 20.2 Å². The van der Waals surface area contributed by atoms with Crippen LogP contribution in [0.2, 0.25) is 0 Å². The predicted octanol–water partition coefficient (Wildman–Crippen LogP) is 3.13. The Kier molecular flexibility index (Phi) is 4.00. The highest BCUT2D eigenvalue weighted by atomic mass is 32.1. The van der Waals surface area contributed by atoms with E-state index >= 15 is 0 Å². The molecule has 1 aliphatic carbocycles. The summed E-state index contributed by atoms with van der Waals surface area (Å²) in [6.07, 6.45) is 7.66. The molecule has 24 heavy (non-hydrogen) atoms. The molecule has 1 N–H and O–H groups in total. The average Bonchev–Trinajstić information content (AvgIpc) is 3.10. The summed E-state index contributed by atoms with van der Waals surface area (Å²) in [5.41, 5.74) is 4.21. The molecule has 1 amide bonds. The van der Waals surface area contributed by atoms with E-state index in [-0.39, 0.29) is 5.91 Å². The van der Waals surface area contributed by atoms with Gasteiger partial charge in [-0.15, -0.1) is 16.4 Å². The Balaban J connectivity index is 1.51. The standard InChI is InChI=1S/C17H15N5OS/c23-16(14-8-11-4-1-2-6-13(11)21-22-14)20-17-19-15(10-24-17)12-5-3-7-18-9-12/h3,5,7-10H,1-2,4,6H2,(H,19,20,23). The summed E-state index contributed by atoms with van der Waals surface area (Å²) in [5.74, 6) is -0.275. The number of amides is 1. The fraction of sp³-hybridized carbons (Fsp3) is 0.235.